The molecule has 1 aliphatic carbocycles. The highest BCUT2D eigenvalue weighted by Gasteiger charge is 2.43. The number of nitrogens with zero attached hydrogens (tertiary/aromatic N) is 4. The van der Waals surface area contributed by atoms with Crippen molar-refractivity contribution in [1.29, 1.82) is 0 Å². The summed E-state index contributed by atoms with van der Waals surface area (Å²) in [7, 11) is 1.77. The number of fused-ring (bicyclic) bond motifs is 1. The van der Waals surface area contributed by atoms with Crippen molar-refractivity contribution in [2.24, 2.45) is 9.98 Å². The molecule has 1 saturated carbocycles. The fraction of sp³-hybridized carbons (Fsp3) is 0.522. The number of nitrogens with one attached hydrogen (secondary N) is 1. The molecule has 1 saturated heterocycles. The predicted octanol–water partition coefficient (Wildman–Crippen LogP) is 3.95. The summed E-state index contributed by atoms with van der Waals surface area (Å²) in [6.07, 6.45) is 5.50. The van der Waals surface area contributed by atoms with Crippen LogP contribution < -0.4 is 4.74 Å². The molecule has 0 bridgehead atoms. The number of rotatable bonds is 7. The van der Waals surface area contributed by atoms with Gasteiger partial charge in [0.05, 0.1) is 23.4 Å². The Bertz CT molecular complexity index is 979. The number of aliphatic imine (C=N–C) groups is 2. The van der Waals surface area contributed by atoms with Crippen molar-refractivity contribution in [1.82, 2.24) is 15.1 Å². The minimum atomic E-state index is 0.0167. The van der Waals surface area contributed by atoms with Gasteiger partial charge in [0.1, 0.15) is 22.9 Å². The first kappa shape index (κ1) is 20.6. The Hall–Kier alpha value is -2.67. The van der Waals surface area contributed by atoms with E-state index in [4.69, 9.17) is 9.47 Å². The van der Waals surface area contributed by atoms with Crippen molar-refractivity contribution in [3.05, 3.63) is 35.8 Å². The molecule has 2 heterocycles. The first-order chi connectivity index (χ1) is 14.5. The Morgan fingerprint density at radius 3 is 2.70 bits per heavy atom. The van der Waals surface area contributed by atoms with E-state index in [1.54, 1.807) is 7.05 Å². The summed E-state index contributed by atoms with van der Waals surface area (Å²) in [6.45, 7) is 11.6. The van der Waals surface area contributed by atoms with Gasteiger partial charge >= 0.3 is 0 Å². The van der Waals surface area contributed by atoms with E-state index in [-0.39, 0.29) is 17.8 Å². The molecule has 2 atom stereocenters. The monoisotopic (exact) mass is 409 g/mol. The number of hydrogen-bond donors (Lipinski definition) is 1. The second-order valence-electron chi connectivity index (χ2n) is 8.35. The first-order valence-corrected chi connectivity index (χ1v) is 10.7. The number of ether oxygens (including phenoxy) is 2. The third-order valence-electron chi connectivity index (χ3n) is 5.98. The van der Waals surface area contributed by atoms with E-state index in [2.05, 4.69) is 58.6 Å². The van der Waals surface area contributed by atoms with Gasteiger partial charge in [-0.15, -0.1) is 0 Å². The summed E-state index contributed by atoms with van der Waals surface area (Å²) in [5.74, 6) is 1.66. The molecule has 0 radical (unpaired) electrons. The van der Waals surface area contributed by atoms with Gasteiger partial charge in [-0.3, -0.25) is 10.1 Å². The Balaban J connectivity index is 1.65. The molecule has 1 aromatic heterocycles. The van der Waals surface area contributed by atoms with Crippen LogP contribution in [0.1, 0.15) is 45.7 Å². The average molecular weight is 410 g/mol. The Morgan fingerprint density at radius 2 is 2.10 bits per heavy atom. The standard InChI is InChI=1S/C23H31N5O2/c1-6-23(9-10-23)30-17-7-8-19-18(11-17)22(27-26-19)20(24-4)12-21(25-5)28-13-15(2)29-16(3)14-28/h7-8,11-12,15-16H,5-6,9-10,13-14H2,1-4H3,(H,26,27)/b21-12+,24-20?/t15-,16+. The number of morpholine rings is 1. The van der Waals surface area contributed by atoms with E-state index in [1.165, 1.54) is 0 Å². The highest BCUT2D eigenvalue weighted by atomic mass is 16.5. The zero-order valence-corrected chi connectivity index (χ0v) is 18.3. The molecule has 0 unspecified atom stereocenters. The summed E-state index contributed by atoms with van der Waals surface area (Å²) >= 11 is 0. The Kier molecular flexibility index (Phi) is 5.64. The summed E-state index contributed by atoms with van der Waals surface area (Å²) < 4.78 is 12.1. The topological polar surface area (TPSA) is 75.1 Å². The molecule has 2 aliphatic rings. The van der Waals surface area contributed by atoms with Gasteiger partial charge in [0.15, 0.2) is 0 Å². The predicted molar refractivity (Wildman–Crippen MR) is 121 cm³/mol. The molecule has 1 N–H and O–H groups in total. The molecule has 160 valence electrons. The number of hydrogen-bond acceptors (Lipinski definition) is 6. The molecule has 2 aromatic rings. The van der Waals surface area contributed by atoms with Crippen LogP contribution in [0, 0.1) is 0 Å². The van der Waals surface area contributed by atoms with Crippen LogP contribution in [0.15, 0.2) is 40.1 Å². The molecular weight excluding hydrogens is 378 g/mol. The lowest BCUT2D eigenvalue weighted by molar-refractivity contribution is -0.0579. The normalized spacial score (nSPS) is 24.2. The number of allylic oxidation sites excluding steroid dienone is 1. The molecule has 7 heteroatoms. The lowest BCUT2D eigenvalue weighted by atomic mass is 10.1. The van der Waals surface area contributed by atoms with E-state index < -0.39 is 0 Å². The Labute approximate surface area is 177 Å². The molecule has 1 aromatic carbocycles. The summed E-state index contributed by atoms with van der Waals surface area (Å²) in [5.41, 5.74) is 2.51. The SMILES string of the molecule is C=N/C(=C\C(=NC)c1n[nH]c2ccc(OC3(CC)CC3)cc12)N1C[C@@H](C)O[C@@H](C)C1. The maximum atomic E-state index is 6.28. The summed E-state index contributed by atoms with van der Waals surface area (Å²) in [4.78, 5) is 11.0. The van der Waals surface area contributed by atoms with Crippen molar-refractivity contribution in [2.45, 2.75) is 57.8 Å². The number of aromatic amines is 1. The zero-order valence-electron chi connectivity index (χ0n) is 18.3. The van der Waals surface area contributed by atoms with Crippen LogP contribution in [0.3, 0.4) is 0 Å². The second-order valence-corrected chi connectivity index (χ2v) is 8.35. The van der Waals surface area contributed by atoms with Crippen LogP contribution in [0.4, 0.5) is 0 Å². The molecule has 7 nitrogen and oxygen atoms in total. The van der Waals surface area contributed by atoms with E-state index in [9.17, 15) is 0 Å². The third-order valence-corrected chi connectivity index (χ3v) is 5.98. The number of H-pyrrole nitrogens is 1. The summed E-state index contributed by atoms with van der Waals surface area (Å²) in [6, 6.07) is 6.08. The number of benzene rings is 1. The molecule has 1 aliphatic heterocycles. The van der Waals surface area contributed by atoms with Crippen LogP contribution in [0.2, 0.25) is 0 Å². The van der Waals surface area contributed by atoms with Crippen LogP contribution in [0.5, 0.6) is 5.75 Å². The highest BCUT2D eigenvalue weighted by molar-refractivity contribution is 6.15. The van der Waals surface area contributed by atoms with Gasteiger partial charge in [0.25, 0.3) is 0 Å². The quantitative estimate of drug-likeness (QED) is 0.703. The van der Waals surface area contributed by atoms with Crippen LogP contribution in [0.25, 0.3) is 10.9 Å². The summed E-state index contributed by atoms with van der Waals surface area (Å²) in [5, 5.41) is 8.64. The van der Waals surface area contributed by atoms with E-state index in [1.807, 2.05) is 18.2 Å². The molecule has 0 spiro atoms. The smallest absolute Gasteiger partial charge is 0.130 e. The maximum Gasteiger partial charge on any atom is 0.130 e. The van der Waals surface area contributed by atoms with Gasteiger partial charge in [-0.2, -0.15) is 5.10 Å². The lowest BCUT2D eigenvalue weighted by Crippen LogP contribution is -2.44. The maximum absolute atomic E-state index is 6.28. The highest BCUT2D eigenvalue weighted by Crippen LogP contribution is 2.43. The van der Waals surface area contributed by atoms with Gasteiger partial charge in [0, 0.05) is 31.6 Å². The van der Waals surface area contributed by atoms with Crippen molar-refractivity contribution < 1.29 is 9.47 Å². The minimum Gasteiger partial charge on any atom is -0.487 e. The Morgan fingerprint density at radius 1 is 1.37 bits per heavy atom. The van der Waals surface area contributed by atoms with E-state index >= 15 is 0 Å². The second kappa shape index (κ2) is 8.22. The van der Waals surface area contributed by atoms with Crippen molar-refractivity contribution >= 4 is 23.3 Å². The first-order valence-electron chi connectivity index (χ1n) is 10.7. The number of aromatic nitrogens is 2. The van der Waals surface area contributed by atoms with E-state index in [0.29, 0.717) is 0 Å². The minimum absolute atomic E-state index is 0.0167. The van der Waals surface area contributed by atoms with Gasteiger partial charge in [-0.25, -0.2) is 4.99 Å². The molecular formula is C23H31N5O2. The van der Waals surface area contributed by atoms with Crippen LogP contribution in [-0.2, 0) is 4.74 Å². The lowest BCUT2D eigenvalue weighted by Gasteiger charge is -2.36. The van der Waals surface area contributed by atoms with Gasteiger partial charge in [0.2, 0.25) is 0 Å². The van der Waals surface area contributed by atoms with Gasteiger partial charge < -0.3 is 14.4 Å². The fourth-order valence-electron chi connectivity index (χ4n) is 4.13. The van der Waals surface area contributed by atoms with Crippen molar-refractivity contribution in [3.8, 4) is 5.75 Å². The van der Waals surface area contributed by atoms with Crippen molar-refractivity contribution in [2.75, 3.05) is 20.1 Å². The van der Waals surface area contributed by atoms with Gasteiger partial charge in [-0.05, 0) is 58.0 Å². The molecule has 0 amide bonds. The zero-order chi connectivity index (χ0) is 21.3. The average Bonchev–Trinajstić information content (AvgIpc) is 3.38. The molecule has 2 fully saturated rings. The van der Waals surface area contributed by atoms with Crippen molar-refractivity contribution in [3.63, 3.8) is 0 Å². The van der Waals surface area contributed by atoms with Gasteiger partial charge in [-0.1, -0.05) is 6.92 Å². The van der Waals surface area contributed by atoms with Crippen LogP contribution >= 0.6 is 0 Å². The van der Waals surface area contributed by atoms with Crippen LogP contribution in [-0.4, -0.2) is 65.5 Å². The van der Waals surface area contributed by atoms with E-state index in [0.717, 1.165) is 66.2 Å². The molecule has 30 heavy (non-hydrogen) atoms. The fourth-order valence-corrected chi connectivity index (χ4v) is 4.13. The third kappa shape index (κ3) is 4.12. The molecule has 4 rings (SSSR count). The largest absolute Gasteiger partial charge is 0.487 e.